The topological polar surface area (TPSA) is 119 Å². The summed E-state index contributed by atoms with van der Waals surface area (Å²) < 4.78 is 21.4. The summed E-state index contributed by atoms with van der Waals surface area (Å²) in [5.74, 6) is 0.157. The van der Waals surface area contributed by atoms with Crippen LogP contribution in [-0.2, 0) is 4.74 Å². The van der Waals surface area contributed by atoms with Crippen LogP contribution >= 0.6 is 0 Å². The second-order valence-corrected chi connectivity index (χ2v) is 4.90. The number of halogens is 1. The number of nitrogen functional groups attached to an aromatic ring is 1. The monoisotopic (exact) mass is 283 g/mol. The van der Waals surface area contributed by atoms with Gasteiger partial charge in [-0.1, -0.05) is 0 Å². The zero-order valence-electron chi connectivity index (χ0n) is 10.6. The van der Waals surface area contributed by atoms with E-state index >= 15 is 0 Å². The molecule has 1 aliphatic rings. The molecule has 0 aliphatic carbocycles. The van der Waals surface area contributed by atoms with Crippen LogP contribution in [-0.4, -0.2) is 54.3 Å². The van der Waals surface area contributed by atoms with Crippen molar-refractivity contribution < 1.29 is 19.3 Å². The van der Waals surface area contributed by atoms with Crippen molar-refractivity contribution in [1.29, 1.82) is 0 Å². The molecule has 1 unspecified atom stereocenters. The molecule has 4 N–H and O–H groups in total. The van der Waals surface area contributed by atoms with Crippen molar-refractivity contribution in [2.75, 3.05) is 12.3 Å². The lowest BCUT2D eigenvalue weighted by atomic mass is 9.93. The van der Waals surface area contributed by atoms with Gasteiger partial charge in [-0.15, -0.1) is 0 Å². The fourth-order valence-corrected chi connectivity index (χ4v) is 2.43. The molecule has 0 radical (unpaired) electrons. The number of hydrogen-bond donors (Lipinski definition) is 3. The summed E-state index contributed by atoms with van der Waals surface area (Å²) in [5, 5.41) is 22.9. The van der Waals surface area contributed by atoms with Gasteiger partial charge in [-0.2, -0.15) is 5.10 Å². The third kappa shape index (κ3) is 1.67. The van der Waals surface area contributed by atoms with Crippen molar-refractivity contribution in [2.24, 2.45) is 0 Å². The van der Waals surface area contributed by atoms with Gasteiger partial charge >= 0.3 is 0 Å². The van der Waals surface area contributed by atoms with Crippen LogP contribution < -0.4 is 5.73 Å². The van der Waals surface area contributed by atoms with Gasteiger partial charge in [-0.25, -0.2) is 18.9 Å². The Morgan fingerprint density at radius 1 is 1.55 bits per heavy atom. The molecule has 1 aliphatic heterocycles. The predicted octanol–water partition coefficient (Wildman–Crippen LogP) is -0.772. The zero-order valence-corrected chi connectivity index (χ0v) is 10.6. The van der Waals surface area contributed by atoms with Crippen LogP contribution in [0.4, 0.5) is 10.2 Å². The maximum atomic E-state index is 14.7. The van der Waals surface area contributed by atoms with Crippen molar-refractivity contribution in [3.05, 3.63) is 18.2 Å². The normalized spacial score (nSPS) is 33.9. The molecule has 3 rings (SSSR count). The Labute approximate surface area is 113 Å². The van der Waals surface area contributed by atoms with E-state index in [0.29, 0.717) is 5.69 Å². The molecule has 0 saturated carbocycles. The largest absolute Gasteiger partial charge is 0.394 e. The highest BCUT2D eigenvalue weighted by molar-refractivity contribution is 5.58. The van der Waals surface area contributed by atoms with Crippen molar-refractivity contribution >= 4 is 11.5 Å². The molecule has 0 amide bonds. The van der Waals surface area contributed by atoms with E-state index in [0.717, 1.165) is 0 Å². The number of rotatable bonds is 2. The summed E-state index contributed by atoms with van der Waals surface area (Å²) in [6.07, 6.45) is -0.964. The first-order valence-electron chi connectivity index (χ1n) is 6.04. The maximum absolute atomic E-state index is 14.7. The Hall–Kier alpha value is -1.84. The average Bonchev–Trinajstić information content (AvgIpc) is 2.92. The number of ether oxygens (including phenoxy) is 1. The number of imidazole rings is 1. The smallest absolute Gasteiger partial charge is 0.196 e. The molecule has 20 heavy (non-hydrogen) atoms. The second-order valence-electron chi connectivity index (χ2n) is 4.90. The molecular formula is C11H14FN5O3. The number of alkyl halides is 1. The lowest BCUT2D eigenvalue weighted by Gasteiger charge is -2.22. The Bertz CT molecular complexity index is 646. The Kier molecular flexibility index (Phi) is 2.85. The number of aliphatic hydroxyl groups excluding tert-OH is 2. The van der Waals surface area contributed by atoms with Crippen molar-refractivity contribution in [2.45, 2.75) is 30.9 Å². The molecule has 3 heterocycles. The van der Waals surface area contributed by atoms with Crippen molar-refractivity contribution in [1.82, 2.24) is 19.6 Å². The Morgan fingerprint density at radius 2 is 2.30 bits per heavy atom. The number of hydrogen-bond acceptors (Lipinski definition) is 7. The van der Waals surface area contributed by atoms with Gasteiger partial charge in [0.2, 0.25) is 0 Å². The number of nitrogens with zero attached hydrogens (tertiary/aromatic N) is 4. The van der Waals surface area contributed by atoms with Gasteiger partial charge in [0.15, 0.2) is 17.1 Å². The van der Waals surface area contributed by atoms with Crippen LogP contribution in [0.15, 0.2) is 12.5 Å². The summed E-state index contributed by atoms with van der Waals surface area (Å²) in [7, 11) is 0. The van der Waals surface area contributed by atoms with E-state index in [2.05, 4.69) is 15.1 Å². The van der Waals surface area contributed by atoms with Gasteiger partial charge in [-0.05, 0) is 6.92 Å². The third-order valence-corrected chi connectivity index (χ3v) is 3.56. The van der Waals surface area contributed by atoms with E-state index in [4.69, 9.17) is 15.6 Å². The SMILES string of the molecule is C[C@]1(F)C(c2cnc3c(N)ncnn23)O[C@H](CO)[C@H]1O. The lowest BCUT2D eigenvalue weighted by molar-refractivity contribution is -0.0248. The van der Waals surface area contributed by atoms with Crippen molar-refractivity contribution in [3.63, 3.8) is 0 Å². The molecule has 0 aromatic carbocycles. The van der Waals surface area contributed by atoms with Gasteiger partial charge in [0.1, 0.15) is 24.6 Å². The molecule has 8 nitrogen and oxygen atoms in total. The van der Waals surface area contributed by atoms with Gasteiger partial charge in [0, 0.05) is 0 Å². The van der Waals surface area contributed by atoms with Crippen LogP contribution in [0.25, 0.3) is 5.65 Å². The van der Waals surface area contributed by atoms with E-state index in [1.54, 1.807) is 0 Å². The first-order valence-corrected chi connectivity index (χ1v) is 6.04. The summed E-state index contributed by atoms with van der Waals surface area (Å²) in [6, 6.07) is 0. The highest BCUT2D eigenvalue weighted by atomic mass is 19.1. The minimum Gasteiger partial charge on any atom is -0.394 e. The fourth-order valence-electron chi connectivity index (χ4n) is 2.43. The molecule has 1 fully saturated rings. The summed E-state index contributed by atoms with van der Waals surface area (Å²) in [6.45, 7) is 0.729. The minimum absolute atomic E-state index is 0.157. The third-order valence-electron chi connectivity index (χ3n) is 3.56. The summed E-state index contributed by atoms with van der Waals surface area (Å²) in [4.78, 5) is 7.82. The maximum Gasteiger partial charge on any atom is 0.196 e. The number of aromatic nitrogens is 4. The van der Waals surface area contributed by atoms with E-state index in [1.165, 1.54) is 24.0 Å². The molecule has 0 spiro atoms. The molecule has 4 atom stereocenters. The van der Waals surface area contributed by atoms with Gasteiger partial charge in [-0.3, -0.25) is 0 Å². The number of anilines is 1. The number of nitrogens with two attached hydrogens (primary N) is 1. The minimum atomic E-state index is -2.08. The number of fused-ring (bicyclic) bond motifs is 1. The van der Waals surface area contributed by atoms with E-state index < -0.39 is 30.6 Å². The molecule has 2 aromatic heterocycles. The first kappa shape index (κ1) is 13.2. The average molecular weight is 283 g/mol. The van der Waals surface area contributed by atoms with E-state index in [-0.39, 0.29) is 11.5 Å². The predicted molar refractivity (Wildman–Crippen MR) is 65.4 cm³/mol. The second kappa shape index (κ2) is 4.33. The van der Waals surface area contributed by atoms with Crippen LogP contribution in [0.3, 0.4) is 0 Å². The van der Waals surface area contributed by atoms with E-state index in [9.17, 15) is 9.50 Å². The van der Waals surface area contributed by atoms with E-state index in [1.807, 2.05) is 0 Å². The lowest BCUT2D eigenvalue weighted by Crippen LogP contribution is -2.39. The van der Waals surface area contributed by atoms with Crippen LogP contribution in [0, 0.1) is 0 Å². The zero-order chi connectivity index (χ0) is 14.5. The fraction of sp³-hybridized carbons (Fsp3) is 0.545. The number of aliphatic hydroxyl groups is 2. The Morgan fingerprint density at radius 3 is 2.95 bits per heavy atom. The first-order chi connectivity index (χ1) is 9.46. The van der Waals surface area contributed by atoms with Gasteiger partial charge < -0.3 is 20.7 Å². The van der Waals surface area contributed by atoms with Crippen molar-refractivity contribution in [3.8, 4) is 0 Å². The quantitative estimate of drug-likeness (QED) is 0.662. The summed E-state index contributed by atoms with van der Waals surface area (Å²) in [5.41, 5.74) is 4.16. The van der Waals surface area contributed by atoms with Gasteiger partial charge in [0.05, 0.1) is 18.5 Å². The molecule has 1 saturated heterocycles. The molecular weight excluding hydrogens is 269 g/mol. The highest BCUT2D eigenvalue weighted by Gasteiger charge is 2.55. The van der Waals surface area contributed by atoms with Crippen LogP contribution in [0.5, 0.6) is 0 Å². The molecule has 0 bridgehead atoms. The van der Waals surface area contributed by atoms with Crippen LogP contribution in [0.1, 0.15) is 18.7 Å². The van der Waals surface area contributed by atoms with Crippen LogP contribution in [0.2, 0.25) is 0 Å². The summed E-state index contributed by atoms with van der Waals surface area (Å²) >= 11 is 0. The molecule has 108 valence electrons. The molecule has 2 aromatic rings. The highest BCUT2D eigenvalue weighted by Crippen LogP contribution is 2.44. The standard InChI is InChI=1S/C11H14FN5O3/c1-11(12)7(19)6(3-18)20-8(11)5-2-14-10-9(13)15-4-16-17(5)10/h2,4,6-8,18-19H,3H2,1H3,(H2,13,15,16)/t6-,7-,8?,11-/m1/s1. The Balaban J connectivity index is 2.10. The van der Waals surface area contributed by atoms with Gasteiger partial charge in [0.25, 0.3) is 0 Å². The molecule has 9 heteroatoms.